The average Bonchev–Trinajstić information content (AvgIpc) is 2.97. The molecular weight excluding hydrogens is 504 g/mol. The Morgan fingerprint density at radius 2 is 1.48 bits per heavy atom. The van der Waals surface area contributed by atoms with Gasteiger partial charge in [0.25, 0.3) is 0 Å². The third kappa shape index (κ3) is 5.96. The van der Waals surface area contributed by atoms with Gasteiger partial charge in [0.15, 0.2) is 0 Å². The predicted molar refractivity (Wildman–Crippen MR) is 154 cm³/mol. The van der Waals surface area contributed by atoms with E-state index in [2.05, 4.69) is 0 Å². The zero-order chi connectivity index (χ0) is 28.2. The molecule has 4 aromatic rings. The number of rotatable bonds is 9. The molecule has 4 aromatic carbocycles. The molecule has 1 aliphatic heterocycles. The first-order valence-corrected chi connectivity index (χ1v) is 13.7. The van der Waals surface area contributed by atoms with Crippen molar-refractivity contribution in [1.82, 2.24) is 0 Å². The van der Waals surface area contributed by atoms with E-state index in [1.807, 2.05) is 91.9 Å². The van der Waals surface area contributed by atoms with E-state index in [0.717, 1.165) is 27.5 Å². The van der Waals surface area contributed by atoms with Crippen LogP contribution in [0, 0.1) is 0 Å². The van der Waals surface area contributed by atoms with Gasteiger partial charge in [0.2, 0.25) is 0 Å². The predicted octanol–water partition coefficient (Wildman–Crippen LogP) is 6.23. The Morgan fingerprint density at radius 3 is 2.08 bits per heavy atom. The van der Waals surface area contributed by atoms with E-state index in [0.29, 0.717) is 12.2 Å². The van der Waals surface area contributed by atoms with Gasteiger partial charge in [0, 0.05) is 11.5 Å². The summed E-state index contributed by atoms with van der Waals surface area (Å²) in [6, 6.07) is 28.9. The number of ketones is 1. The largest absolute Gasteiger partial charge is 0.508 e. The molecule has 1 heterocycles. The number of aliphatic hydroxyl groups is 1. The van der Waals surface area contributed by atoms with E-state index in [1.165, 1.54) is 0 Å². The minimum Gasteiger partial charge on any atom is -0.508 e. The summed E-state index contributed by atoms with van der Waals surface area (Å²) in [5.74, 6) is -0.0754. The molecule has 1 saturated heterocycles. The number of benzene rings is 4. The molecule has 5 rings (SSSR count). The Labute approximate surface area is 235 Å². The molecule has 0 aliphatic carbocycles. The molecule has 208 valence electrons. The van der Waals surface area contributed by atoms with Crippen molar-refractivity contribution in [3.8, 4) is 5.75 Å². The molecule has 6 atom stereocenters. The first kappa shape index (κ1) is 28.0. The van der Waals surface area contributed by atoms with Gasteiger partial charge >= 0.3 is 0 Å². The van der Waals surface area contributed by atoms with Crippen LogP contribution in [0.15, 0.2) is 91.0 Å². The lowest BCUT2D eigenvalue weighted by Crippen LogP contribution is -2.55. The third-order valence-electron chi connectivity index (χ3n) is 7.83. The minimum atomic E-state index is -0.944. The molecule has 2 N–H and O–H groups in total. The van der Waals surface area contributed by atoms with Crippen molar-refractivity contribution in [1.29, 1.82) is 0 Å². The summed E-state index contributed by atoms with van der Waals surface area (Å²) in [7, 11) is 0. The van der Waals surface area contributed by atoms with Crippen molar-refractivity contribution in [2.45, 2.75) is 70.4 Å². The number of carbonyl (C=O) groups is 1. The van der Waals surface area contributed by atoms with Crippen molar-refractivity contribution in [2.24, 2.45) is 0 Å². The van der Waals surface area contributed by atoms with Crippen LogP contribution in [0.1, 0.15) is 55.0 Å². The molecule has 1 fully saturated rings. The van der Waals surface area contributed by atoms with Gasteiger partial charge in [-0.15, -0.1) is 0 Å². The molecule has 6 nitrogen and oxygen atoms in total. The molecule has 1 aliphatic rings. The fourth-order valence-electron chi connectivity index (χ4n) is 5.33. The fraction of sp³-hybridized carbons (Fsp3) is 0.324. The number of Topliss-reactive ketones (excluding diaryl/α,β-unsaturated/α-hetero) is 1. The highest BCUT2D eigenvalue weighted by molar-refractivity contribution is 5.91. The number of ether oxygens (including phenoxy) is 3. The summed E-state index contributed by atoms with van der Waals surface area (Å²) in [5.41, 5.74) is 3.43. The van der Waals surface area contributed by atoms with Crippen LogP contribution in [0.3, 0.4) is 0 Å². The van der Waals surface area contributed by atoms with Crippen molar-refractivity contribution in [2.75, 3.05) is 0 Å². The number of aliphatic hydroxyl groups excluding tert-OH is 1. The molecule has 0 spiro atoms. The van der Waals surface area contributed by atoms with Gasteiger partial charge < -0.3 is 24.4 Å². The zero-order valence-electron chi connectivity index (χ0n) is 23.1. The highest BCUT2D eigenvalue weighted by atomic mass is 16.6. The summed E-state index contributed by atoms with van der Waals surface area (Å²) in [5, 5.41) is 24.1. The topological polar surface area (TPSA) is 85.2 Å². The maximum Gasteiger partial charge on any atom is 0.136 e. The molecule has 0 amide bonds. The molecular formula is C34H36O6. The fourth-order valence-corrected chi connectivity index (χ4v) is 5.33. The minimum absolute atomic E-state index is 0.0728. The monoisotopic (exact) mass is 540 g/mol. The quantitative estimate of drug-likeness (QED) is 0.262. The van der Waals surface area contributed by atoms with E-state index in [4.69, 9.17) is 14.2 Å². The van der Waals surface area contributed by atoms with Gasteiger partial charge in [0.05, 0.1) is 19.3 Å². The highest BCUT2D eigenvalue weighted by Crippen LogP contribution is 2.43. The normalized spacial score (nSPS) is 23.6. The molecule has 0 unspecified atom stereocenters. The van der Waals surface area contributed by atoms with Crippen molar-refractivity contribution >= 4 is 16.6 Å². The number of phenolic OH excluding ortho intramolecular Hbond substituents is 1. The Kier molecular flexibility index (Phi) is 8.62. The smallest absolute Gasteiger partial charge is 0.136 e. The van der Waals surface area contributed by atoms with Crippen molar-refractivity contribution < 1.29 is 29.2 Å². The second-order valence-electron chi connectivity index (χ2n) is 10.6. The molecule has 0 saturated carbocycles. The zero-order valence-corrected chi connectivity index (χ0v) is 23.1. The molecule has 0 radical (unpaired) electrons. The van der Waals surface area contributed by atoms with Gasteiger partial charge in [-0.25, -0.2) is 0 Å². The van der Waals surface area contributed by atoms with Gasteiger partial charge in [-0.3, -0.25) is 4.79 Å². The van der Waals surface area contributed by atoms with Crippen LogP contribution in [-0.4, -0.2) is 40.4 Å². The van der Waals surface area contributed by atoms with Gasteiger partial charge in [-0.05, 0) is 47.4 Å². The third-order valence-corrected chi connectivity index (χ3v) is 7.83. The second-order valence-corrected chi connectivity index (χ2v) is 10.6. The standard InChI is InChI=1S/C34H36O6/c1-21(22(2)35)26-14-16-28-27(18-26)15-17-29(36)30(28)32-34(39-20-25-12-8-5-9-13-25)33(31(37)23(3)40-32)38-19-24-10-6-4-7-11-24/h4-18,21,23,31-34,36-37H,19-20H2,1-3H3/t21-,23+,31-,32-,33-,34-/m1/s1. The molecule has 40 heavy (non-hydrogen) atoms. The lowest BCUT2D eigenvalue weighted by atomic mass is 9.87. The summed E-state index contributed by atoms with van der Waals surface area (Å²) in [6.07, 6.45) is -3.68. The van der Waals surface area contributed by atoms with Gasteiger partial charge in [-0.1, -0.05) is 91.9 Å². The Hall–Kier alpha value is -3.55. The maximum atomic E-state index is 12.0. The van der Waals surface area contributed by atoms with Crippen LogP contribution < -0.4 is 0 Å². The summed E-state index contributed by atoms with van der Waals surface area (Å²) in [4.78, 5) is 12.0. The Balaban J connectivity index is 1.55. The lowest BCUT2D eigenvalue weighted by Gasteiger charge is -2.44. The van der Waals surface area contributed by atoms with E-state index in [-0.39, 0.29) is 24.1 Å². The van der Waals surface area contributed by atoms with Crippen molar-refractivity contribution in [3.63, 3.8) is 0 Å². The van der Waals surface area contributed by atoms with Crippen LogP contribution in [0.25, 0.3) is 10.8 Å². The number of hydrogen-bond acceptors (Lipinski definition) is 6. The maximum absolute atomic E-state index is 12.0. The average molecular weight is 541 g/mol. The van der Waals surface area contributed by atoms with Crippen LogP contribution in [-0.2, 0) is 32.2 Å². The lowest BCUT2D eigenvalue weighted by molar-refractivity contribution is -0.251. The van der Waals surface area contributed by atoms with Crippen LogP contribution in [0.5, 0.6) is 5.75 Å². The van der Waals surface area contributed by atoms with E-state index >= 15 is 0 Å². The molecule has 6 heteroatoms. The summed E-state index contributed by atoms with van der Waals surface area (Å²) >= 11 is 0. The van der Waals surface area contributed by atoms with E-state index in [1.54, 1.807) is 19.9 Å². The van der Waals surface area contributed by atoms with Crippen LogP contribution in [0.4, 0.5) is 0 Å². The second kappa shape index (κ2) is 12.3. The van der Waals surface area contributed by atoms with Gasteiger partial charge in [-0.2, -0.15) is 0 Å². The molecule has 0 aromatic heterocycles. The number of aromatic hydroxyl groups is 1. The van der Waals surface area contributed by atoms with Crippen LogP contribution >= 0.6 is 0 Å². The summed E-state index contributed by atoms with van der Waals surface area (Å²) in [6.45, 7) is 5.85. The van der Waals surface area contributed by atoms with Crippen molar-refractivity contribution in [3.05, 3.63) is 113 Å². The van der Waals surface area contributed by atoms with Crippen LogP contribution in [0.2, 0.25) is 0 Å². The van der Waals surface area contributed by atoms with E-state index < -0.39 is 30.5 Å². The SMILES string of the molecule is CC(=O)[C@@H](C)c1ccc2c([C@H]3O[C@@H](C)[C@@H](O)[C@@H](OCc4ccccc4)[C@@H]3OCc3ccccc3)c(O)ccc2c1. The first-order valence-electron chi connectivity index (χ1n) is 13.7. The number of phenols is 1. The number of fused-ring (bicyclic) bond motifs is 1. The Bertz CT molecular complexity index is 1440. The summed E-state index contributed by atoms with van der Waals surface area (Å²) < 4.78 is 19.3. The molecule has 0 bridgehead atoms. The first-order chi connectivity index (χ1) is 19.3. The number of hydrogen-bond donors (Lipinski definition) is 2. The highest BCUT2D eigenvalue weighted by Gasteiger charge is 2.47. The Morgan fingerprint density at radius 1 is 0.875 bits per heavy atom. The van der Waals surface area contributed by atoms with E-state index in [9.17, 15) is 15.0 Å². The number of carbonyl (C=O) groups excluding carboxylic acids is 1. The van der Waals surface area contributed by atoms with Gasteiger partial charge in [0.1, 0.15) is 35.9 Å².